The van der Waals surface area contributed by atoms with Gasteiger partial charge < -0.3 is 19.9 Å². The molecule has 0 aliphatic rings. The van der Waals surface area contributed by atoms with Crippen molar-refractivity contribution >= 4 is 11.9 Å². The molecule has 0 aliphatic heterocycles. The Labute approximate surface area is 163 Å². The number of nitrogens with zero attached hydrogens (tertiary/aromatic N) is 5. The van der Waals surface area contributed by atoms with Crippen LogP contribution in [0.25, 0.3) is 0 Å². The van der Waals surface area contributed by atoms with Crippen LogP contribution >= 0.6 is 0 Å². The van der Waals surface area contributed by atoms with Gasteiger partial charge in [0.2, 0.25) is 11.9 Å². The van der Waals surface area contributed by atoms with E-state index in [2.05, 4.69) is 45.9 Å². The van der Waals surface area contributed by atoms with Gasteiger partial charge in [-0.2, -0.15) is 15.0 Å². The van der Waals surface area contributed by atoms with Gasteiger partial charge in [0, 0.05) is 41.2 Å². The quantitative estimate of drug-likeness (QED) is 0.564. The zero-order chi connectivity index (χ0) is 20.2. The molecule has 0 bridgehead atoms. The molecular weight excluding hydrogens is 340 g/mol. The predicted octanol–water partition coefficient (Wildman–Crippen LogP) is 2.64. The molecule has 0 unspecified atom stereocenters. The molecule has 1 aromatic carbocycles. The highest BCUT2D eigenvalue weighted by Crippen LogP contribution is 2.11. The average molecular weight is 373 g/mol. The van der Waals surface area contributed by atoms with E-state index in [1.165, 1.54) is 5.56 Å². The lowest BCUT2D eigenvalue weighted by atomic mass is 10.2. The van der Waals surface area contributed by atoms with Gasteiger partial charge in [-0.05, 0) is 19.9 Å². The summed E-state index contributed by atoms with van der Waals surface area (Å²) >= 11 is 0. The summed E-state index contributed by atoms with van der Waals surface area (Å²) in [7, 11) is 9.27. The topological polar surface area (TPSA) is 66.4 Å². The van der Waals surface area contributed by atoms with Crippen molar-refractivity contribution in [2.45, 2.75) is 19.8 Å². The van der Waals surface area contributed by atoms with Crippen molar-refractivity contribution in [2.75, 3.05) is 51.6 Å². The minimum Gasteiger partial charge on any atom is -0.483 e. The molecule has 148 valence electrons. The van der Waals surface area contributed by atoms with Gasteiger partial charge in [0.15, 0.2) is 5.88 Å². The molecule has 1 N–H and O–H groups in total. The zero-order valence-corrected chi connectivity index (χ0v) is 17.4. The first-order valence-corrected chi connectivity index (χ1v) is 8.91. The molecule has 0 saturated heterocycles. The third-order valence-corrected chi connectivity index (χ3v) is 3.54. The maximum atomic E-state index is 4.94. The second-order valence-electron chi connectivity index (χ2n) is 6.45. The molecule has 0 aliphatic carbocycles. The van der Waals surface area contributed by atoms with Gasteiger partial charge in [0.05, 0.1) is 7.11 Å². The molecule has 0 amide bonds. The van der Waals surface area contributed by atoms with Crippen LogP contribution < -0.4 is 15.1 Å². The van der Waals surface area contributed by atoms with Crippen molar-refractivity contribution in [3.8, 4) is 0 Å². The van der Waals surface area contributed by atoms with Crippen molar-refractivity contribution in [3.05, 3.63) is 54.2 Å². The van der Waals surface area contributed by atoms with Crippen molar-refractivity contribution < 1.29 is 4.74 Å². The molecule has 7 nitrogen and oxygen atoms in total. The van der Waals surface area contributed by atoms with E-state index < -0.39 is 0 Å². The van der Waals surface area contributed by atoms with Gasteiger partial charge in [0.25, 0.3) is 0 Å². The van der Waals surface area contributed by atoms with Gasteiger partial charge in [-0.3, -0.25) is 0 Å². The van der Waals surface area contributed by atoms with Gasteiger partial charge in [-0.15, -0.1) is 0 Å². The number of hydrogen-bond donors (Lipinski definition) is 1. The molecular formula is C20H32N6O. The van der Waals surface area contributed by atoms with Gasteiger partial charge in [0.1, 0.15) is 5.82 Å². The Kier molecular flexibility index (Phi) is 9.64. The summed E-state index contributed by atoms with van der Waals surface area (Å²) < 4.78 is 4.94. The molecule has 0 saturated carbocycles. The highest BCUT2D eigenvalue weighted by Gasteiger charge is 2.09. The summed E-state index contributed by atoms with van der Waals surface area (Å²) in [6.45, 7) is 6.56. The van der Waals surface area contributed by atoms with Crippen molar-refractivity contribution in [1.29, 1.82) is 0 Å². The van der Waals surface area contributed by atoms with Crippen LogP contribution in [0, 0.1) is 6.92 Å². The third-order valence-electron chi connectivity index (χ3n) is 3.54. The highest BCUT2D eigenvalue weighted by atomic mass is 16.5. The lowest BCUT2D eigenvalue weighted by molar-refractivity contribution is 0.263. The summed E-state index contributed by atoms with van der Waals surface area (Å²) in [5.41, 5.74) is 1.32. The summed E-state index contributed by atoms with van der Waals surface area (Å²) in [6, 6.07) is 10.3. The SMILES string of the molecule is C=C(NCCCc1nc(N(C)C)nc(N(C)C)n1)OC.Cc1ccccc1. The Morgan fingerprint density at radius 1 is 1.00 bits per heavy atom. The lowest BCUT2D eigenvalue weighted by Crippen LogP contribution is -2.21. The number of nitrogens with one attached hydrogen (secondary N) is 1. The number of benzene rings is 1. The molecule has 27 heavy (non-hydrogen) atoms. The lowest BCUT2D eigenvalue weighted by Gasteiger charge is -2.16. The number of hydrogen-bond acceptors (Lipinski definition) is 7. The maximum absolute atomic E-state index is 4.94. The maximum Gasteiger partial charge on any atom is 0.229 e. The van der Waals surface area contributed by atoms with E-state index in [0.29, 0.717) is 17.8 Å². The Bertz CT molecular complexity index is 662. The molecule has 2 rings (SSSR count). The monoisotopic (exact) mass is 372 g/mol. The normalized spacial score (nSPS) is 9.70. The van der Waals surface area contributed by atoms with Crippen LogP contribution in [-0.4, -0.2) is 56.8 Å². The number of aryl methyl sites for hydroxylation is 2. The second-order valence-corrected chi connectivity index (χ2v) is 6.45. The first kappa shape index (κ1) is 22.2. The Morgan fingerprint density at radius 2 is 1.56 bits per heavy atom. The number of methoxy groups -OCH3 is 1. The first-order valence-electron chi connectivity index (χ1n) is 8.91. The van der Waals surface area contributed by atoms with E-state index in [-0.39, 0.29) is 0 Å². The summed E-state index contributed by atoms with van der Waals surface area (Å²) in [5.74, 6) is 2.71. The van der Waals surface area contributed by atoms with Gasteiger partial charge in [-0.1, -0.05) is 35.9 Å². The molecule has 1 heterocycles. The van der Waals surface area contributed by atoms with Crippen molar-refractivity contribution in [3.63, 3.8) is 0 Å². The molecule has 0 fully saturated rings. The van der Waals surface area contributed by atoms with E-state index >= 15 is 0 Å². The summed E-state index contributed by atoms with van der Waals surface area (Å²) in [5, 5.41) is 3.07. The van der Waals surface area contributed by atoms with E-state index in [4.69, 9.17) is 4.74 Å². The van der Waals surface area contributed by atoms with Crippen LogP contribution in [0.3, 0.4) is 0 Å². The minimum absolute atomic E-state index is 0.573. The fraction of sp³-hybridized carbons (Fsp3) is 0.450. The van der Waals surface area contributed by atoms with Crippen molar-refractivity contribution in [2.24, 2.45) is 0 Å². The Hall–Kier alpha value is -2.83. The van der Waals surface area contributed by atoms with E-state index in [0.717, 1.165) is 25.2 Å². The molecule has 0 radical (unpaired) electrons. The molecule has 2 aromatic rings. The molecule has 0 atom stereocenters. The van der Waals surface area contributed by atoms with Crippen LogP contribution in [0.1, 0.15) is 17.8 Å². The standard InChI is InChI=1S/C13H24N6O.C7H8/c1-10(20-6)14-9-7-8-11-15-12(18(2)3)17-13(16-11)19(4)5;1-7-5-3-2-4-6-7/h14H,1,7-9H2,2-6H3;2-6H,1H3. The Balaban J connectivity index is 0.000000433. The fourth-order valence-corrected chi connectivity index (χ4v) is 1.99. The van der Waals surface area contributed by atoms with Crippen LogP contribution in [0.2, 0.25) is 0 Å². The average Bonchev–Trinajstić information content (AvgIpc) is 2.65. The smallest absolute Gasteiger partial charge is 0.229 e. The van der Waals surface area contributed by atoms with Crippen molar-refractivity contribution in [1.82, 2.24) is 20.3 Å². The fourth-order valence-electron chi connectivity index (χ4n) is 1.99. The van der Waals surface area contributed by atoms with Crippen LogP contribution in [0.15, 0.2) is 42.8 Å². The van der Waals surface area contributed by atoms with E-state index in [9.17, 15) is 0 Å². The van der Waals surface area contributed by atoms with Crippen LogP contribution in [-0.2, 0) is 11.2 Å². The Morgan fingerprint density at radius 3 is 1.96 bits per heavy atom. The number of rotatable bonds is 8. The largest absolute Gasteiger partial charge is 0.483 e. The molecule has 1 aromatic heterocycles. The summed E-state index contributed by atoms with van der Waals surface area (Å²) in [6.07, 6.45) is 1.67. The second kappa shape index (κ2) is 11.7. The predicted molar refractivity (Wildman–Crippen MR) is 112 cm³/mol. The van der Waals surface area contributed by atoms with Crippen LogP contribution in [0.5, 0.6) is 0 Å². The summed E-state index contributed by atoms with van der Waals surface area (Å²) in [4.78, 5) is 17.0. The van der Waals surface area contributed by atoms with Crippen LogP contribution in [0.4, 0.5) is 11.9 Å². The minimum atomic E-state index is 0.573. The third kappa shape index (κ3) is 8.89. The van der Waals surface area contributed by atoms with Gasteiger partial charge in [-0.25, -0.2) is 0 Å². The number of ether oxygens (including phenoxy) is 1. The van der Waals surface area contributed by atoms with E-state index in [1.54, 1.807) is 7.11 Å². The number of aromatic nitrogens is 3. The molecule has 7 heteroatoms. The zero-order valence-electron chi connectivity index (χ0n) is 17.4. The highest BCUT2D eigenvalue weighted by molar-refractivity contribution is 5.36. The van der Waals surface area contributed by atoms with E-state index in [1.807, 2.05) is 56.2 Å². The molecule has 0 spiro atoms. The number of anilines is 2. The van der Waals surface area contributed by atoms with Gasteiger partial charge >= 0.3 is 0 Å². The first-order chi connectivity index (χ1) is 12.8.